The van der Waals surface area contributed by atoms with Gasteiger partial charge in [-0.05, 0) is 0 Å². The van der Waals surface area contributed by atoms with Crippen molar-refractivity contribution in [3.63, 3.8) is 0 Å². The normalized spacial score (nSPS) is 17.1. The second-order valence-corrected chi connectivity index (χ2v) is 4.12. The Morgan fingerprint density at radius 1 is 0.706 bits per heavy atom. The Balaban J connectivity index is 5.27. The van der Waals surface area contributed by atoms with Crippen LogP contribution in [0.3, 0.4) is 0 Å². The lowest BCUT2D eigenvalue weighted by atomic mass is 9.98. The van der Waals surface area contributed by atoms with Crippen molar-refractivity contribution in [3.8, 4) is 0 Å². The van der Waals surface area contributed by atoms with E-state index in [1.165, 1.54) is 0 Å². The van der Waals surface area contributed by atoms with Gasteiger partial charge in [-0.15, -0.1) is 0 Å². The summed E-state index contributed by atoms with van der Waals surface area (Å²) < 4.78 is 119. The zero-order valence-electron chi connectivity index (χ0n) is 7.44. The van der Waals surface area contributed by atoms with Crippen LogP contribution in [-0.4, -0.2) is 29.0 Å². The molecule has 0 fully saturated rings. The molecule has 0 bridgehead atoms. The molecule has 0 heterocycles. The first-order chi connectivity index (χ1) is 7.13. The summed E-state index contributed by atoms with van der Waals surface area (Å²) in [6.45, 7) is 0. The van der Waals surface area contributed by atoms with E-state index in [4.69, 9.17) is 0 Å². The summed E-state index contributed by atoms with van der Waals surface area (Å²) >= 11 is 1.55. The third kappa shape index (κ3) is 3.62. The minimum atomic E-state index is -6.48. The highest BCUT2D eigenvalue weighted by molar-refractivity contribution is 9.09. The third-order valence-electron chi connectivity index (χ3n) is 1.71. The first-order valence-electron chi connectivity index (χ1n) is 3.66. The predicted molar refractivity (Wildman–Crippen MR) is 39.3 cm³/mol. The maximum atomic E-state index is 12.8. The second kappa shape index (κ2) is 4.47. The highest BCUT2D eigenvalue weighted by Crippen LogP contribution is 2.51. The van der Waals surface area contributed by atoms with E-state index in [9.17, 15) is 43.9 Å². The fraction of sp³-hybridized carbons (Fsp3) is 1.00. The Morgan fingerprint density at radius 3 is 1.18 bits per heavy atom. The molecule has 0 saturated heterocycles. The maximum absolute atomic E-state index is 12.8. The van der Waals surface area contributed by atoms with Crippen molar-refractivity contribution in [2.24, 2.45) is 0 Å². The van der Waals surface area contributed by atoms with Gasteiger partial charge in [0, 0.05) is 6.42 Å². The van der Waals surface area contributed by atoms with Crippen LogP contribution in [0.15, 0.2) is 0 Å². The van der Waals surface area contributed by atoms with E-state index in [-0.39, 0.29) is 0 Å². The van der Waals surface area contributed by atoms with E-state index >= 15 is 0 Å². The van der Waals surface area contributed by atoms with E-state index in [0.717, 1.165) is 0 Å². The van der Waals surface area contributed by atoms with E-state index < -0.39 is 35.4 Å². The molecule has 0 aliphatic rings. The molecule has 0 aromatic carbocycles. The number of alkyl halides is 11. The average molecular weight is 345 g/mol. The molecule has 0 radical (unpaired) electrons. The van der Waals surface area contributed by atoms with Crippen LogP contribution in [-0.2, 0) is 0 Å². The number of hydrogen-bond acceptors (Lipinski definition) is 0. The van der Waals surface area contributed by atoms with Gasteiger partial charge < -0.3 is 0 Å². The van der Waals surface area contributed by atoms with Gasteiger partial charge in [0.25, 0.3) is 0 Å². The van der Waals surface area contributed by atoms with Crippen LogP contribution in [0.4, 0.5) is 43.9 Å². The summed E-state index contributed by atoms with van der Waals surface area (Å²) in [6, 6.07) is 0. The molecule has 1 atom stereocenters. The summed E-state index contributed by atoms with van der Waals surface area (Å²) in [5, 5.41) is 0. The highest BCUT2D eigenvalue weighted by Gasteiger charge is 2.73. The van der Waals surface area contributed by atoms with Crippen LogP contribution in [0, 0.1) is 0 Å². The molecule has 0 amide bonds. The molecule has 11 heteroatoms. The minimum absolute atomic E-state index is 1.55. The van der Waals surface area contributed by atoms with Gasteiger partial charge in [-0.25, -0.2) is 4.39 Å². The molecule has 0 aliphatic heterocycles. The third-order valence-corrected chi connectivity index (χ3v) is 2.56. The highest BCUT2D eigenvalue weighted by atomic mass is 79.9. The zero-order valence-corrected chi connectivity index (χ0v) is 9.03. The summed E-state index contributed by atoms with van der Waals surface area (Å²) in [6.07, 6.45) is -21.2. The quantitative estimate of drug-likeness (QED) is 0.509. The molecule has 1 unspecified atom stereocenters. The second-order valence-electron chi connectivity index (χ2n) is 3.01. The lowest BCUT2D eigenvalue weighted by molar-refractivity contribution is -0.345. The molecule has 0 aromatic heterocycles. The van der Waals surface area contributed by atoms with Crippen LogP contribution in [0.25, 0.3) is 0 Å². The van der Waals surface area contributed by atoms with E-state index in [1.807, 2.05) is 0 Å². The van der Waals surface area contributed by atoms with Crippen LogP contribution in [0.1, 0.15) is 6.42 Å². The van der Waals surface area contributed by atoms with E-state index in [2.05, 4.69) is 0 Å². The Labute approximate surface area is 96.1 Å². The van der Waals surface area contributed by atoms with Crippen molar-refractivity contribution < 1.29 is 43.9 Å². The fourth-order valence-corrected chi connectivity index (χ4v) is 1.20. The van der Waals surface area contributed by atoms with Crippen LogP contribution >= 0.6 is 15.9 Å². The molecule has 0 N–H and O–H groups in total. The smallest absolute Gasteiger partial charge is 0.224 e. The maximum Gasteiger partial charge on any atom is 0.431 e. The summed E-state index contributed by atoms with van der Waals surface area (Å²) in [4.78, 5) is -3.26. The van der Waals surface area contributed by atoms with Crippen molar-refractivity contribution in [1.29, 1.82) is 0 Å². The fourth-order valence-electron chi connectivity index (χ4n) is 0.755. The molecule has 0 rings (SSSR count). The first-order valence-corrected chi connectivity index (χ1v) is 4.57. The lowest BCUT2D eigenvalue weighted by Gasteiger charge is -2.31. The topological polar surface area (TPSA) is 0 Å². The molecule has 0 aromatic rings. The monoisotopic (exact) mass is 344 g/mol. The zero-order chi connectivity index (χ0) is 14.3. The van der Waals surface area contributed by atoms with Gasteiger partial charge in [-0.3, -0.25) is 0 Å². The summed E-state index contributed by atoms with van der Waals surface area (Å²) in [7, 11) is 0. The van der Waals surface area contributed by atoms with Gasteiger partial charge in [-0.2, -0.15) is 39.5 Å². The largest absolute Gasteiger partial charge is 0.431 e. The first kappa shape index (κ1) is 16.8. The van der Waals surface area contributed by atoms with Crippen LogP contribution < -0.4 is 0 Å². The van der Waals surface area contributed by atoms with Gasteiger partial charge in [0.05, 0.1) is 0 Å². The Hall–Kier alpha value is -0.220. The van der Waals surface area contributed by atoms with Gasteiger partial charge in [0.15, 0.2) is 0 Å². The van der Waals surface area contributed by atoms with Crippen LogP contribution in [0.5, 0.6) is 0 Å². The van der Waals surface area contributed by atoms with Crippen molar-refractivity contribution in [1.82, 2.24) is 0 Å². The molecule has 0 nitrogen and oxygen atoms in total. The van der Waals surface area contributed by atoms with Crippen molar-refractivity contribution >= 4 is 15.9 Å². The standard InChI is InChI=1S/C6H3BrF10/c7-2(4(9,10)11)1-3(8,5(12,13)14)6(15,16)17/h2H,1H2. The van der Waals surface area contributed by atoms with Crippen molar-refractivity contribution in [2.75, 3.05) is 0 Å². The molecular weight excluding hydrogens is 342 g/mol. The summed E-state index contributed by atoms with van der Waals surface area (Å²) in [5.74, 6) is 0. The summed E-state index contributed by atoms with van der Waals surface area (Å²) in [5.41, 5.74) is -5.91. The van der Waals surface area contributed by atoms with Gasteiger partial charge in [-0.1, -0.05) is 15.9 Å². The van der Waals surface area contributed by atoms with Gasteiger partial charge in [0.2, 0.25) is 0 Å². The SMILES string of the molecule is FC(F)(F)C(Br)CC(F)(C(F)(F)F)C(F)(F)F. The number of halogens is 11. The average Bonchev–Trinajstić information content (AvgIpc) is 1.97. The lowest BCUT2D eigenvalue weighted by Crippen LogP contribution is -2.55. The molecular formula is C6H3BrF10. The molecule has 104 valence electrons. The Morgan fingerprint density at radius 2 is 1.00 bits per heavy atom. The number of rotatable bonds is 2. The number of hydrogen-bond donors (Lipinski definition) is 0. The molecule has 0 aliphatic carbocycles. The van der Waals surface area contributed by atoms with Gasteiger partial charge >= 0.3 is 24.2 Å². The minimum Gasteiger partial charge on any atom is -0.224 e. The van der Waals surface area contributed by atoms with Crippen LogP contribution in [0.2, 0.25) is 0 Å². The van der Waals surface area contributed by atoms with Gasteiger partial charge in [0.1, 0.15) is 4.83 Å². The van der Waals surface area contributed by atoms with Crippen molar-refractivity contribution in [3.05, 3.63) is 0 Å². The molecule has 0 spiro atoms. The molecule has 17 heavy (non-hydrogen) atoms. The Bertz CT molecular complexity index is 245. The Kier molecular flexibility index (Phi) is 4.41. The van der Waals surface area contributed by atoms with E-state index in [0.29, 0.717) is 0 Å². The molecule has 0 saturated carbocycles. The van der Waals surface area contributed by atoms with Crippen molar-refractivity contribution in [2.45, 2.75) is 35.4 Å². The van der Waals surface area contributed by atoms with E-state index in [1.54, 1.807) is 15.9 Å². The predicted octanol–water partition coefficient (Wildman–Crippen LogP) is 4.54.